The number of anilines is 1. The third kappa shape index (κ3) is 2.79. The molecule has 1 aliphatic heterocycles. The summed E-state index contributed by atoms with van der Waals surface area (Å²) in [6, 6.07) is 10.1. The molecule has 1 aliphatic carbocycles. The summed E-state index contributed by atoms with van der Waals surface area (Å²) in [6.45, 7) is 6.16. The third-order valence-electron chi connectivity index (χ3n) is 4.47. The first-order valence-corrected chi connectivity index (χ1v) is 8.23. The molecule has 0 bridgehead atoms. The van der Waals surface area contributed by atoms with Crippen molar-refractivity contribution in [3.05, 3.63) is 52.3 Å². The van der Waals surface area contributed by atoms with E-state index in [1.165, 1.54) is 0 Å². The van der Waals surface area contributed by atoms with Gasteiger partial charge in [-0.15, -0.1) is 0 Å². The van der Waals surface area contributed by atoms with Crippen LogP contribution >= 0.6 is 0 Å². The van der Waals surface area contributed by atoms with Crippen LogP contribution in [0.15, 0.2) is 46.8 Å². The lowest BCUT2D eigenvalue weighted by Gasteiger charge is -2.24. The lowest BCUT2D eigenvalue weighted by atomic mass is 10.0. The van der Waals surface area contributed by atoms with Crippen LogP contribution in [0, 0.1) is 22.7 Å². The van der Waals surface area contributed by atoms with Crippen molar-refractivity contribution in [3.8, 4) is 17.9 Å². The lowest BCUT2D eigenvalue weighted by molar-refractivity contribution is 0.431. The Morgan fingerprint density at radius 2 is 1.96 bits per heavy atom. The van der Waals surface area contributed by atoms with E-state index in [-0.39, 0.29) is 5.57 Å². The van der Waals surface area contributed by atoms with Gasteiger partial charge in [-0.2, -0.15) is 10.5 Å². The molecule has 1 aromatic carbocycles. The fourth-order valence-corrected chi connectivity index (χ4v) is 3.19. The predicted molar refractivity (Wildman–Crippen MR) is 94.2 cm³/mol. The van der Waals surface area contributed by atoms with Crippen LogP contribution in [0.3, 0.4) is 0 Å². The third-order valence-corrected chi connectivity index (χ3v) is 4.47. The van der Waals surface area contributed by atoms with Gasteiger partial charge in [-0.25, -0.2) is 0 Å². The molecule has 0 atom stereocenters. The first kappa shape index (κ1) is 15.9. The summed E-state index contributed by atoms with van der Waals surface area (Å²) in [5, 5.41) is 17.9. The zero-order valence-corrected chi connectivity index (χ0v) is 14.0. The highest BCUT2D eigenvalue weighted by Crippen LogP contribution is 2.42. The molecule has 0 radical (unpaired) electrons. The number of fused-ring (bicyclic) bond motifs is 2. The molecule has 3 rings (SSSR count). The van der Waals surface area contributed by atoms with Crippen LogP contribution in [0.25, 0.3) is 6.08 Å². The van der Waals surface area contributed by atoms with Crippen molar-refractivity contribution in [2.24, 2.45) is 0 Å². The van der Waals surface area contributed by atoms with Crippen LogP contribution in [0.2, 0.25) is 0 Å². The van der Waals surface area contributed by atoms with Gasteiger partial charge in [0.15, 0.2) is 0 Å². The number of benzene rings is 1. The molecule has 1 heterocycles. The molecule has 0 spiro atoms. The fourth-order valence-electron chi connectivity index (χ4n) is 3.19. The summed E-state index contributed by atoms with van der Waals surface area (Å²) in [4.78, 5) is 2.27. The van der Waals surface area contributed by atoms with E-state index in [1.54, 1.807) is 6.08 Å². The normalized spacial score (nSPS) is 14.6. The van der Waals surface area contributed by atoms with Gasteiger partial charge in [-0.3, -0.25) is 0 Å². The monoisotopic (exact) mass is 317 g/mol. The van der Waals surface area contributed by atoms with Gasteiger partial charge in [0.25, 0.3) is 0 Å². The van der Waals surface area contributed by atoms with E-state index in [0.29, 0.717) is 0 Å². The summed E-state index contributed by atoms with van der Waals surface area (Å²) in [5.41, 5.74) is 4.40. The minimum Gasteiger partial charge on any atom is -0.456 e. The Hall–Kier alpha value is -2.98. The van der Waals surface area contributed by atoms with Crippen molar-refractivity contribution in [1.29, 1.82) is 10.5 Å². The number of nitrogens with zero attached hydrogens (tertiary/aromatic N) is 3. The van der Waals surface area contributed by atoms with E-state index >= 15 is 0 Å². The fraction of sp³-hybridized carbons (Fsp3) is 0.300. The van der Waals surface area contributed by atoms with Gasteiger partial charge in [-0.1, -0.05) is 0 Å². The molecule has 2 aliphatic rings. The summed E-state index contributed by atoms with van der Waals surface area (Å²) >= 11 is 0. The van der Waals surface area contributed by atoms with Crippen LogP contribution in [0.1, 0.15) is 32.3 Å². The Labute approximate surface area is 142 Å². The second-order valence-electron chi connectivity index (χ2n) is 5.80. The summed E-state index contributed by atoms with van der Waals surface area (Å²) in [5.74, 6) is 1.64. The van der Waals surface area contributed by atoms with Crippen molar-refractivity contribution in [1.82, 2.24) is 0 Å². The van der Waals surface area contributed by atoms with Gasteiger partial charge >= 0.3 is 0 Å². The Morgan fingerprint density at radius 3 is 2.62 bits per heavy atom. The number of hydrogen-bond donors (Lipinski definition) is 0. The Morgan fingerprint density at radius 1 is 1.21 bits per heavy atom. The molecule has 0 saturated carbocycles. The van der Waals surface area contributed by atoms with Crippen LogP contribution in [0.5, 0.6) is 5.75 Å². The molecule has 4 heteroatoms. The molecule has 0 saturated heterocycles. The Balaban J connectivity index is 2.00. The average Bonchev–Trinajstić information content (AvgIpc) is 3.00. The van der Waals surface area contributed by atoms with E-state index in [2.05, 4.69) is 43.0 Å². The summed E-state index contributed by atoms with van der Waals surface area (Å²) < 4.78 is 6.16. The largest absolute Gasteiger partial charge is 0.456 e. The number of rotatable bonds is 4. The maximum atomic E-state index is 8.97. The van der Waals surface area contributed by atoms with Crippen molar-refractivity contribution in [2.75, 3.05) is 18.0 Å². The maximum Gasteiger partial charge on any atom is 0.136 e. The van der Waals surface area contributed by atoms with Crippen molar-refractivity contribution < 1.29 is 4.74 Å². The first-order valence-electron chi connectivity index (χ1n) is 8.23. The quantitative estimate of drug-likeness (QED) is 0.775. The SMILES string of the molecule is CCN(CC)c1ccc2c(c1)OC1=C(C=C(C#N)C#N)CCC1=C2. The number of allylic oxidation sites excluding steroid dienone is 4. The minimum atomic E-state index is 0.116. The van der Waals surface area contributed by atoms with Crippen LogP contribution in [0.4, 0.5) is 5.69 Å². The Bertz CT molecular complexity index is 827. The molecular weight excluding hydrogens is 298 g/mol. The summed E-state index contributed by atoms with van der Waals surface area (Å²) in [7, 11) is 0. The highest BCUT2D eigenvalue weighted by molar-refractivity contribution is 5.72. The molecule has 1 aromatic rings. The van der Waals surface area contributed by atoms with Gasteiger partial charge in [0.05, 0.1) is 0 Å². The zero-order valence-electron chi connectivity index (χ0n) is 14.0. The van der Waals surface area contributed by atoms with Gasteiger partial charge in [-0.05, 0) is 62.1 Å². The van der Waals surface area contributed by atoms with Crippen molar-refractivity contribution >= 4 is 11.8 Å². The van der Waals surface area contributed by atoms with E-state index < -0.39 is 0 Å². The maximum absolute atomic E-state index is 8.97. The molecule has 0 amide bonds. The molecule has 4 nitrogen and oxygen atoms in total. The van der Waals surface area contributed by atoms with E-state index in [0.717, 1.165) is 59.8 Å². The average molecular weight is 317 g/mol. The standard InChI is InChI=1S/C20H19N3O/c1-3-23(4-2)18-8-7-15-10-17-6-5-16(9-14(12-21)13-22)20(17)24-19(15)11-18/h7-11H,3-6H2,1-2H3. The topological polar surface area (TPSA) is 60.0 Å². The second-order valence-corrected chi connectivity index (χ2v) is 5.80. The lowest BCUT2D eigenvalue weighted by Crippen LogP contribution is -2.21. The van der Waals surface area contributed by atoms with E-state index in [1.807, 2.05) is 12.1 Å². The van der Waals surface area contributed by atoms with Crippen molar-refractivity contribution in [2.45, 2.75) is 26.7 Å². The van der Waals surface area contributed by atoms with Crippen LogP contribution < -0.4 is 9.64 Å². The van der Waals surface area contributed by atoms with Gasteiger partial charge in [0.1, 0.15) is 29.2 Å². The molecule has 120 valence electrons. The van der Waals surface area contributed by atoms with Crippen LogP contribution in [-0.4, -0.2) is 13.1 Å². The molecular formula is C20H19N3O. The zero-order chi connectivity index (χ0) is 17.1. The second kappa shape index (κ2) is 6.64. The van der Waals surface area contributed by atoms with E-state index in [9.17, 15) is 0 Å². The minimum absolute atomic E-state index is 0.116. The first-order chi connectivity index (χ1) is 11.7. The van der Waals surface area contributed by atoms with Gasteiger partial charge in [0.2, 0.25) is 0 Å². The molecule has 24 heavy (non-hydrogen) atoms. The number of nitriles is 2. The Kier molecular flexibility index (Phi) is 4.40. The van der Waals surface area contributed by atoms with E-state index in [4.69, 9.17) is 15.3 Å². The highest BCUT2D eigenvalue weighted by atomic mass is 16.5. The van der Waals surface area contributed by atoms with Gasteiger partial charge < -0.3 is 9.64 Å². The summed E-state index contributed by atoms with van der Waals surface area (Å²) in [6.07, 6.45) is 5.47. The molecule has 0 aromatic heterocycles. The molecule has 0 fully saturated rings. The van der Waals surface area contributed by atoms with Crippen molar-refractivity contribution in [3.63, 3.8) is 0 Å². The predicted octanol–water partition coefficient (Wildman–Crippen LogP) is 4.33. The number of ether oxygens (including phenoxy) is 1. The number of hydrogen-bond acceptors (Lipinski definition) is 4. The van der Waals surface area contributed by atoms with Crippen LogP contribution in [-0.2, 0) is 0 Å². The molecule has 0 unspecified atom stereocenters. The highest BCUT2D eigenvalue weighted by Gasteiger charge is 2.26. The smallest absolute Gasteiger partial charge is 0.136 e. The van der Waals surface area contributed by atoms with Gasteiger partial charge in [0, 0.05) is 30.4 Å². The molecule has 0 N–H and O–H groups in total.